The molecule has 2 rings (SSSR count). The lowest BCUT2D eigenvalue weighted by Gasteiger charge is -2.30. The molecule has 0 heterocycles. The minimum Gasteiger partial charge on any atom is -0.460 e. The summed E-state index contributed by atoms with van der Waals surface area (Å²) in [7, 11) is -4.53. The number of hydrogen-bond donors (Lipinski definition) is 1. The second-order valence-corrected chi connectivity index (χ2v) is 12.2. The van der Waals surface area contributed by atoms with E-state index < -0.39 is 39.5 Å². The summed E-state index contributed by atoms with van der Waals surface area (Å²) in [6, 6.07) is 12.8. The van der Waals surface area contributed by atoms with Gasteiger partial charge >= 0.3 is 12.1 Å². The third-order valence-electron chi connectivity index (χ3n) is 4.46. The lowest BCUT2D eigenvalue weighted by Crippen LogP contribution is -2.47. The van der Waals surface area contributed by atoms with Crippen LogP contribution in [0, 0.1) is 0 Å². The predicted octanol–water partition coefficient (Wildman–Crippen LogP) is 5.37. The first-order valence-electron chi connectivity index (χ1n) is 11.0. The second kappa shape index (κ2) is 11.0. The van der Waals surface area contributed by atoms with Gasteiger partial charge in [0.2, 0.25) is 0 Å². The molecule has 0 aliphatic carbocycles. The maximum atomic E-state index is 13.4. The van der Waals surface area contributed by atoms with Gasteiger partial charge in [-0.1, -0.05) is 35.9 Å². The second-order valence-electron chi connectivity index (χ2n) is 9.92. The molecule has 0 spiro atoms. The summed E-state index contributed by atoms with van der Waals surface area (Å²) in [6.45, 7) is 9.78. The van der Waals surface area contributed by atoms with Crippen molar-refractivity contribution in [3.8, 4) is 11.1 Å². The van der Waals surface area contributed by atoms with Crippen LogP contribution in [-0.4, -0.2) is 47.3 Å². The van der Waals surface area contributed by atoms with Crippen molar-refractivity contribution in [2.75, 3.05) is 0 Å². The number of nitrogens with zero attached hydrogens (tertiary/aromatic N) is 1. The van der Waals surface area contributed by atoms with E-state index in [0.29, 0.717) is 5.02 Å². The number of hydrogen-bond acceptors (Lipinski definition) is 7. The normalized spacial score (nSPS) is 13.1. The Bertz CT molecular complexity index is 1130. The molecule has 0 saturated heterocycles. The molecule has 2 aromatic rings. The van der Waals surface area contributed by atoms with E-state index in [4.69, 9.17) is 21.1 Å². The van der Waals surface area contributed by atoms with Crippen LogP contribution in [0.4, 0.5) is 4.79 Å². The summed E-state index contributed by atoms with van der Waals surface area (Å²) in [5.74, 6) is -0.634. The zero-order valence-corrected chi connectivity index (χ0v) is 22.3. The molecule has 0 aromatic heterocycles. The van der Waals surface area contributed by atoms with Gasteiger partial charge in [0.15, 0.2) is 0 Å². The van der Waals surface area contributed by atoms with Crippen LogP contribution in [0.1, 0.15) is 54.4 Å². The molecule has 2 aromatic carbocycles. The number of aliphatic hydroxyl groups is 1. The zero-order valence-electron chi connectivity index (χ0n) is 20.7. The quantitative estimate of drug-likeness (QED) is 0.382. The Balaban J connectivity index is 2.33. The highest BCUT2D eigenvalue weighted by atomic mass is 35.5. The number of halogens is 1. The van der Waals surface area contributed by atoms with Crippen molar-refractivity contribution < 1.29 is 32.6 Å². The first kappa shape index (κ1) is 28.6. The number of sulfonamides is 1. The summed E-state index contributed by atoms with van der Waals surface area (Å²) < 4.78 is 37.5. The zero-order chi connectivity index (χ0) is 26.6. The molecular weight excluding hydrogens is 494 g/mol. The maximum absolute atomic E-state index is 13.4. The van der Waals surface area contributed by atoms with Gasteiger partial charge in [-0.2, -0.15) is 4.31 Å². The van der Waals surface area contributed by atoms with Crippen LogP contribution in [0.3, 0.4) is 0 Å². The Labute approximate surface area is 211 Å². The van der Waals surface area contributed by atoms with E-state index in [1.807, 2.05) is 0 Å². The molecule has 0 radical (unpaired) electrons. The van der Waals surface area contributed by atoms with Gasteiger partial charge in [0.05, 0.1) is 4.90 Å². The largest absolute Gasteiger partial charge is 0.460 e. The third kappa shape index (κ3) is 8.52. The van der Waals surface area contributed by atoms with Crippen molar-refractivity contribution in [1.82, 2.24) is 4.31 Å². The third-order valence-corrected chi connectivity index (χ3v) is 6.49. The van der Waals surface area contributed by atoms with Crippen LogP contribution < -0.4 is 0 Å². The summed E-state index contributed by atoms with van der Waals surface area (Å²) in [5, 5.41) is 11.3. The van der Waals surface area contributed by atoms with E-state index in [9.17, 15) is 23.1 Å². The lowest BCUT2D eigenvalue weighted by atomic mass is 10.1. The van der Waals surface area contributed by atoms with Gasteiger partial charge in [0.25, 0.3) is 10.0 Å². The average molecular weight is 526 g/mol. The number of amides is 1. The first-order chi connectivity index (χ1) is 16.0. The highest BCUT2D eigenvalue weighted by molar-refractivity contribution is 7.89. The Hall–Kier alpha value is -2.62. The van der Waals surface area contributed by atoms with E-state index >= 15 is 0 Å². The number of benzene rings is 2. The van der Waals surface area contributed by atoms with Crippen LogP contribution in [0.5, 0.6) is 0 Å². The summed E-state index contributed by atoms with van der Waals surface area (Å²) in [6.07, 6.45) is -3.77. The molecule has 35 heavy (non-hydrogen) atoms. The monoisotopic (exact) mass is 525 g/mol. The van der Waals surface area contributed by atoms with Crippen LogP contribution in [0.2, 0.25) is 5.02 Å². The summed E-state index contributed by atoms with van der Waals surface area (Å²) in [5.41, 5.74) is -0.214. The van der Waals surface area contributed by atoms with Crippen molar-refractivity contribution >= 4 is 33.7 Å². The molecule has 0 bridgehead atoms. The fourth-order valence-electron chi connectivity index (χ4n) is 3.02. The van der Waals surface area contributed by atoms with Gasteiger partial charge in [-0.15, -0.1) is 0 Å². The molecule has 1 unspecified atom stereocenters. The molecule has 192 valence electrons. The van der Waals surface area contributed by atoms with Gasteiger partial charge in [-0.25, -0.2) is 13.2 Å². The minimum atomic E-state index is -4.53. The molecule has 1 atom stereocenters. The molecule has 10 heteroatoms. The SMILES string of the molecule is CC(C)(C)OC(=O)CCC(O)N(C(=O)OC(C)(C)C)S(=O)(=O)c1ccc(-c2ccc(Cl)cc2)cc1. The molecule has 0 aliphatic rings. The molecule has 0 saturated carbocycles. The van der Waals surface area contributed by atoms with Crippen molar-refractivity contribution in [3.05, 3.63) is 53.6 Å². The lowest BCUT2D eigenvalue weighted by molar-refractivity contribution is -0.155. The number of ether oxygens (including phenoxy) is 2. The number of esters is 1. The van der Waals surface area contributed by atoms with Crippen molar-refractivity contribution in [2.24, 2.45) is 0 Å². The van der Waals surface area contributed by atoms with E-state index in [1.165, 1.54) is 12.1 Å². The van der Waals surface area contributed by atoms with Gasteiger partial charge in [-0.05, 0) is 76.9 Å². The van der Waals surface area contributed by atoms with E-state index in [2.05, 4.69) is 0 Å². The van der Waals surface area contributed by atoms with Gasteiger partial charge in [0.1, 0.15) is 17.4 Å². The first-order valence-corrected chi connectivity index (χ1v) is 12.8. The molecule has 1 amide bonds. The summed E-state index contributed by atoms with van der Waals surface area (Å²) in [4.78, 5) is 24.7. The number of rotatable bonds is 7. The van der Waals surface area contributed by atoms with Crippen molar-refractivity contribution in [2.45, 2.75) is 76.7 Å². The van der Waals surface area contributed by atoms with Crippen molar-refractivity contribution in [1.29, 1.82) is 0 Å². The summed E-state index contributed by atoms with van der Waals surface area (Å²) >= 11 is 5.92. The number of carbonyl (C=O) groups is 2. The molecular formula is C25H32ClNO7S. The van der Waals surface area contributed by atoms with E-state index in [0.717, 1.165) is 11.1 Å². The number of carbonyl (C=O) groups excluding carboxylic acids is 2. The van der Waals surface area contributed by atoms with Gasteiger partial charge in [-0.3, -0.25) is 4.79 Å². The highest BCUT2D eigenvalue weighted by Crippen LogP contribution is 2.27. The Kier molecular flexibility index (Phi) is 8.97. The van der Waals surface area contributed by atoms with E-state index in [-0.39, 0.29) is 22.0 Å². The maximum Gasteiger partial charge on any atom is 0.426 e. The molecule has 8 nitrogen and oxygen atoms in total. The Morgan fingerprint density at radius 3 is 1.80 bits per heavy atom. The van der Waals surface area contributed by atoms with Gasteiger partial charge in [0, 0.05) is 17.9 Å². The Morgan fingerprint density at radius 1 is 0.886 bits per heavy atom. The van der Waals surface area contributed by atoms with Crippen LogP contribution in [-0.2, 0) is 24.3 Å². The fourth-order valence-corrected chi connectivity index (χ4v) is 4.51. The standard InChI is InChI=1S/C25H32ClNO7S/c1-24(2,3)33-22(29)16-15-21(28)27(23(30)34-25(4,5)6)35(31,32)20-13-9-18(10-14-20)17-7-11-19(26)12-8-17/h7-14,21,28H,15-16H2,1-6H3. The van der Waals surface area contributed by atoms with E-state index in [1.54, 1.807) is 77.9 Å². The average Bonchev–Trinajstić information content (AvgIpc) is 2.70. The van der Waals surface area contributed by atoms with Crippen molar-refractivity contribution in [3.63, 3.8) is 0 Å². The number of aliphatic hydroxyl groups excluding tert-OH is 1. The fraction of sp³-hybridized carbons (Fsp3) is 0.440. The van der Waals surface area contributed by atoms with Crippen LogP contribution in [0.15, 0.2) is 53.4 Å². The predicted molar refractivity (Wildman–Crippen MR) is 133 cm³/mol. The van der Waals surface area contributed by atoms with Gasteiger partial charge < -0.3 is 14.6 Å². The van der Waals surface area contributed by atoms with Crippen LogP contribution in [0.25, 0.3) is 11.1 Å². The molecule has 0 fully saturated rings. The minimum absolute atomic E-state index is 0.225. The smallest absolute Gasteiger partial charge is 0.426 e. The topological polar surface area (TPSA) is 110 Å². The molecule has 0 aliphatic heterocycles. The Morgan fingerprint density at radius 2 is 1.34 bits per heavy atom. The highest BCUT2D eigenvalue weighted by Gasteiger charge is 2.38. The van der Waals surface area contributed by atoms with Crippen LogP contribution >= 0.6 is 11.6 Å². The molecule has 1 N–H and O–H groups in total.